The number of halogens is 2. The van der Waals surface area contributed by atoms with E-state index in [0.717, 1.165) is 29.7 Å². The quantitative estimate of drug-likeness (QED) is 0.911. The number of hydrogen-bond donors (Lipinski definition) is 1. The number of ether oxygens (including phenoxy) is 1. The van der Waals surface area contributed by atoms with E-state index in [9.17, 15) is 13.9 Å². The maximum absolute atomic E-state index is 13.8. The molecular weight excluding hydrogens is 262 g/mol. The third kappa shape index (κ3) is 2.32. The Kier molecular flexibility index (Phi) is 3.51. The molecule has 2 aromatic rings. The Morgan fingerprint density at radius 1 is 1.15 bits per heavy atom. The molecule has 4 heteroatoms. The number of rotatable bonds is 2. The van der Waals surface area contributed by atoms with Crippen molar-refractivity contribution >= 4 is 0 Å². The molecule has 3 rings (SSSR count). The van der Waals surface area contributed by atoms with Gasteiger partial charge >= 0.3 is 0 Å². The summed E-state index contributed by atoms with van der Waals surface area (Å²) in [4.78, 5) is 0. The van der Waals surface area contributed by atoms with Gasteiger partial charge in [-0.15, -0.1) is 0 Å². The summed E-state index contributed by atoms with van der Waals surface area (Å²) < 4.78 is 32.3. The Bertz CT molecular complexity index is 628. The van der Waals surface area contributed by atoms with Crippen molar-refractivity contribution in [3.05, 3.63) is 70.8 Å². The zero-order valence-electron chi connectivity index (χ0n) is 10.7. The van der Waals surface area contributed by atoms with Gasteiger partial charge in [-0.3, -0.25) is 0 Å². The van der Waals surface area contributed by atoms with Crippen LogP contribution in [0.15, 0.2) is 42.5 Å². The molecule has 0 amide bonds. The lowest BCUT2D eigenvalue weighted by molar-refractivity contribution is -0.0495. The molecule has 20 heavy (non-hydrogen) atoms. The minimum atomic E-state index is -1.16. The van der Waals surface area contributed by atoms with Crippen LogP contribution in [0, 0.1) is 11.6 Å². The number of aliphatic hydroxyl groups is 1. The van der Waals surface area contributed by atoms with Gasteiger partial charge in [0.1, 0.15) is 23.8 Å². The minimum Gasteiger partial charge on any atom is -0.385 e. The summed E-state index contributed by atoms with van der Waals surface area (Å²) >= 11 is 0. The molecule has 1 heterocycles. The highest BCUT2D eigenvalue weighted by atomic mass is 19.1. The van der Waals surface area contributed by atoms with Crippen molar-refractivity contribution in [3.63, 3.8) is 0 Å². The second kappa shape index (κ2) is 5.31. The van der Waals surface area contributed by atoms with E-state index in [1.165, 1.54) is 6.07 Å². The summed E-state index contributed by atoms with van der Waals surface area (Å²) in [5, 5.41) is 10.4. The van der Waals surface area contributed by atoms with Gasteiger partial charge in [-0.05, 0) is 23.6 Å². The third-order valence-corrected chi connectivity index (χ3v) is 3.60. The van der Waals surface area contributed by atoms with E-state index in [0.29, 0.717) is 6.61 Å². The topological polar surface area (TPSA) is 29.5 Å². The Hall–Kier alpha value is -1.78. The number of fused-ring (bicyclic) bond motifs is 1. The predicted octanol–water partition coefficient (Wildman–Crippen LogP) is 3.31. The molecule has 0 fully saturated rings. The first kappa shape index (κ1) is 13.2. The smallest absolute Gasteiger partial charge is 0.132 e. The standard InChI is InChI=1S/C16H14F2O2/c17-11-5-6-13(14(18)9-11)15(19)16-12-4-2-1-3-10(12)7-8-20-16/h1-6,9,15-16,19H,7-8H2. The summed E-state index contributed by atoms with van der Waals surface area (Å²) in [5.41, 5.74) is 1.99. The zero-order chi connectivity index (χ0) is 14.1. The molecule has 2 atom stereocenters. The average Bonchev–Trinajstić information content (AvgIpc) is 2.46. The van der Waals surface area contributed by atoms with Gasteiger partial charge in [0, 0.05) is 11.6 Å². The van der Waals surface area contributed by atoms with E-state index in [2.05, 4.69) is 0 Å². The fourth-order valence-electron chi connectivity index (χ4n) is 2.59. The molecule has 1 N–H and O–H groups in total. The van der Waals surface area contributed by atoms with Gasteiger partial charge in [-0.1, -0.05) is 30.3 Å². The van der Waals surface area contributed by atoms with Crippen molar-refractivity contribution in [2.75, 3.05) is 6.61 Å². The SMILES string of the molecule is OC(c1ccc(F)cc1F)C1OCCc2ccccc21. The van der Waals surface area contributed by atoms with Crippen LogP contribution in [0.4, 0.5) is 8.78 Å². The lowest BCUT2D eigenvalue weighted by atomic mass is 9.91. The van der Waals surface area contributed by atoms with Gasteiger partial charge in [0.2, 0.25) is 0 Å². The predicted molar refractivity (Wildman–Crippen MR) is 70.2 cm³/mol. The van der Waals surface area contributed by atoms with E-state index < -0.39 is 23.8 Å². The molecule has 0 spiro atoms. The van der Waals surface area contributed by atoms with Crippen molar-refractivity contribution in [1.29, 1.82) is 0 Å². The van der Waals surface area contributed by atoms with Gasteiger partial charge < -0.3 is 9.84 Å². The third-order valence-electron chi connectivity index (χ3n) is 3.60. The van der Waals surface area contributed by atoms with Gasteiger partial charge in [0.05, 0.1) is 6.61 Å². The largest absolute Gasteiger partial charge is 0.385 e. The second-order valence-corrected chi connectivity index (χ2v) is 4.85. The molecular formula is C16H14F2O2. The zero-order valence-corrected chi connectivity index (χ0v) is 10.7. The summed E-state index contributed by atoms with van der Waals surface area (Å²) in [6.45, 7) is 0.474. The molecule has 2 aromatic carbocycles. The lowest BCUT2D eigenvalue weighted by Crippen LogP contribution is -2.22. The fourth-order valence-corrected chi connectivity index (χ4v) is 2.59. The molecule has 1 aliphatic heterocycles. The van der Waals surface area contributed by atoms with Crippen LogP contribution in [-0.4, -0.2) is 11.7 Å². The number of aliphatic hydroxyl groups excluding tert-OH is 1. The Morgan fingerprint density at radius 3 is 2.75 bits per heavy atom. The van der Waals surface area contributed by atoms with Crippen LogP contribution in [-0.2, 0) is 11.2 Å². The molecule has 0 saturated carbocycles. The summed E-state index contributed by atoms with van der Waals surface area (Å²) in [5.74, 6) is -1.42. The maximum atomic E-state index is 13.8. The molecule has 0 bridgehead atoms. The van der Waals surface area contributed by atoms with Crippen LogP contribution in [0.1, 0.15) is 28.9 Å². The van der Waals surface area contributed by atoms with Crippen LogP contribution in [0.25, 0.3) is 0 Å². The highest BCUT2D eigenvalue weighted by Crippen LogP contribution is 2.37. The summed E-state index contributed by atoms with van der Waals surface area (Å²) in [7, 11) is 0. The van der Waals surface area contributed by atoms with Crippen LogP contribution < -0.4 is 0 Å². The fraction of sp³-hybridized carbons (Fsp3) is 0.250. The van der Waals surface area contributed by atoms with Crippen molar-refractivity contribution < 1.29 is 18.6 Å². The van der Waals surface area contributed by atoms with Crippen LogP contribution in [0.2, 0.25) is 0 Å². The molecule has 0 aliphatic carbocycles. The highest BCUT2D eigenvalue weighted by molar-refractivity contribution is 5.34. The number of benzene rings is 2. The molecule has 0 aromatic heterocycles. The molecule has 0 radical (unpaired) electrons. The van der Waals surface area contributed by atoms with Crippen LogP contribution >= 0.6 is 0 Å². The highest BCUT2D eigenvalue weighted by Gasteiger charge is 2.30. The summed E-state index contributed by atoms with van der Waals surface area (Å²) in [6.07, 6.45) is -1.01. The van der Waals surface area contributed by atoms with E-state index in [-0.39, 0.29) is 5.56 Å². The van der Waals surface area contributed by atoms with Crippen LogP contribution in [0.5, 0.6) is 0 Å². The van der Waals surface area contributed by atoms with Crippen molar-refractivity contribution in [2.24, 2.45) is 0 Å². The Balaban J connectivity index is 1.97. The minimum absolute atomic E-state index is 0.0492. The van der Waals surface area contributed by atoms with E-state index >= 15 is 0 Å². The number of hydrogen-bond acceptors (Lipinski definition) is 2. The van der Waals surface area contributed by atoms with Crippen molar-refractivity contribution in [1.82, 2.24) is 0 Å². The molecule has 1 aliphatic rings. The molecule has 2 unspecified atom stereocenters. The summed E-state index contributed by atoms with van der Waals surface area (Å²) in [6, 6.07) is 10.8. The Labute approximate surface area is 115 Å². The first-order chi connectivity index (χ1) is 9.66. The molecule has 0 saturated heterocycles. The van der Waals surface area contributed by atoms with Gasteiger partial charge in [-0.25, -0.2) is 8.78 Å². The Morgan fingerprint density at radius 2 is 1.95 bits per heavy atom. The van der Waals surface area contributed by atoms with Crippen LogP contribution in [0.3, 0.4) is 0 Å². The molecule has 104 valence electrons. The normalized spacial score (nSPS) is 19.4. The average molecular weight is 276 g/mol. The van der Waals surface area contributed by atoms with E-state index in [4.69, 9.17) is 4.74 Å². The van der Waals surface area contributed by atoms with E-state index in [1.807, 2.05) is 24.3 Å². The van der Waals surface area contributed by atoms with Crippen molar-refractivity contribution in [3.8, 4) is 0 Å². The van der Waals surface area contributed by atoms with Gasteiger partial charge in [0.15, 0.2) is 0 Å². The monoisotopic (exact) mass is 276 g/mol. The second-order valence-electron chi connectivity index (χ2n) is 4.85. The maximum Gasteiger partial charge on any atom is 0.132 e. The first-order valence-corrected chi connectivity index (χ1v) is 6.49. The molecule has 2 nitrogen and oxygen atoms in total. The van der Waals surface area contributed by atoms with Gasteiger partial charge in [-0.2, -0.15) is 0 Å². The van der Waals surface area contributed by atoms with Crippen molar-refractivity contribution in [2.45, 2.75) is 18.6 Å². The van der Waals surface area contributed by atoms with Gasteiger partial charge in [0.25, 0.3) is 0 Å². The van der Waals surface area contributed by atoms with E-state index in [1.54, 1.807) is 0 Å². The first-order valence-electron chi connectivity index (χ1n) is 6.49. The lowest BCUT2D eigenvalue weighted by Gasteiger charge is -2.30.